The molecule has 0 aliphatic rings. The molecule has 0 saturated carbocycles. The van der Waals surface area contributed by atoms with E-state index in [1.165, 1.54) is 6.07 Å². The van der Waals surface area contributed by atoms with E-state index in [9.17, 15) is 4.39 Å². The topological polar surface area (TPSA) is 15.3 Å². The molecule has 0 spiro atoms. The Morgan fingerprint density at radius 3 is 2.47 bits per heavy atom. The molecule has 1 rings (SSSR count). The highest BCUT2D eigenvalue weighted by Gasteiger charge is 2.16. The van der Waals surface area contributed by atoms with Crippen molar-refractivity contribution in [2.45, 2.75) is 39.3 Å². The van der Waals surface area contributed by atoms with Crippen LogP contribution < -0.4 is 10.2 Å². The molecule has 0 bridgehead atoms. The molecule has 0 saturated heterocycles. The molecule has 0 aliphatic heterocycles. The number of halogens is 1. The second kappa shape index (κ2) is 6.60. The fourth-order valence-electron chi connectivity index (χ4n) is 2.26. The highest BCUT2D eigenvalue weighted by Crippen LogP contribution is 2.25. The Morgan fingerprint density at radius 2 is 1.94 bits per heavy atom. The third-order valence-corrected chi connectivity index (χ3v) is 3.32. The minimum absolute atomic E-state index is 0.130. The summed E-state index contributed by atoms with van der Waals surface area (Å²) in [7, 11) is 3.89. The molecule has 0 fully saturated rings. The van der Waals surface area contributed by atoms with Gasteiger partial charge in [-0.25, -0.2) is 4.39 Å². The summed E-state index contributed by atoms with van der Waals surface area (Å²) in [4.78, 5) is 2.19. The number of hydrogen-bond donors (Lipinski definition) is 1. The Labute approximate surface area is 104 Å². The average Bonchev–Trinajstić information content (AvgIpc) is 2.33. The molecule has 0 amide bonds. The third-order valence-electron chi connectivity index (χ3n) is 3.32. The number of nitrogens with one attached hydrogen (secondary N) is 1. The molecular weight excluding hydrogens is 215 g/mol. The fourth-order valence-corrected chi connectivity index (χ4v) is 2.26. The summed E-state index contributed by atoms with van der Waals surface area (Å²) in [6, 6.07) is 5.76. The maximum Gasteiger partial charge on any atom is 0.129 e. The van der Waals surface area contributed by atoms with Gasteiger partial charge in [-0.3, -0.25) is 0 Å². The Kier molecular flexibility index (Phi) is 5.42. The zero-order valence-corrected chi connectivity index (χ0v) is 11.3. The molecule has 0 heterocycles. The summed E-state index contributed by atoms with van der Waals surface area (Å²) >= 11 is 0. The van der Waals surface area contributed by atoms with E-state index in [1.807, 2.05) is 20.2 Å². The molecule has 1 aromatic rings. The van der Waals surface area contributed by atoms with Gasteiger partial charge in [-0.05, 0) is 32.0 Å². The first-order valence-corrected chi connectivity index (χ1v) is 6.30. The van der Waals surface area contributed by atoms with E-state index in [-0.39, 0.29) is 5.82 Å². The molecular formula is C14H23FN2. The maximum absolute atomic E-state index is 13.8. The van der Waals surface area contributed by atoms with Crippen LogP contribution >= 0.6 is 0 Å². The first-order valence-electron chi connectivity index (χ1n) is 6.30. The first-order chi connectivity index (χ1) is 8.15. The zero-order valence-electron chi connectivity index (χ0n) is 11.3. The van der Waals surface area contributed by atoms with E-state index >= 15 is 0 Å². The van der Waals surface area contributed by atoms with Crippen LogP contribution in [0.2, 0.25) is 0 Å². The van der Waals surface area contributed by atoms with E-state index in [0.29, 0.717) is 12.6 Å². The fraction of sp³-hybridized carbons (Fsp3) is 0.571. The Morgan fingerprint density at radius 1 is 1.29 bits per heavy atom. The smallest absolute Gasteiger partial charge is 0.129 e. The van der Waals surface area contributed by atoms with E-state index in [2.05, 4.69) is 24.1 Å². The zero-order chi connectivity index (χ0) is 12.8. The lowest BCUT2D eigenvalue weighted by Crippen LogP contribution is -2.31. The number of anilines is 1. The molecule has 0 atom stereocenters. The van der Waals surface area contributed by atoms with Gasteiger partial charge in [0.25, 0.3) is 0 Å². The van der Waals surface area contributed by atoms with Gasteiger partial charge in [0.15, 0.2) is 0 Å². The highest BCUT2D eigenvalue weighted by molar-refractivity contribution is 5.54. The van der Waals surface area contributed by atoms with Crippen LogP contribution in [0.5, 0.6) is 0 Å². The standard InChI is InChI=1S/C14H23FN2/c1-5-11(6-2)17(4)14-9-7-8-13(15)12(14)10-16-3/h7-9,11,16H,5-6,10H2,1-4H3. The lowest BCUT2D eigenvalue weighted by Gasteiger charge is -2.30. The van der Waals surface area contributed by atoms with Crippen molar-refractivity contribution in [3.05, 3.63) is 29.6 Å². The van der Waals surface area contributed by atoms with Gasteiger partial charge in [-0.15, -0.1) is 0 Å². The second-order valence-corrected chi connectivity index (χ2v) is 4.35. The van der Waals surface area contributed by atoms with Crippen LogP contribution in [0.4, 0.5) is 10.1 Å². The van der Waals surface area contributed by atoms with Crippen molar-refractivity contribution in [3.8, 4) is 0 Å². The number of rotatable bonds is 6. The van der Waals surface area contributed by atoms with Crippen molar-refractivity contribution >= 4 is 5.69 Å². The first kappa shape index (κ1) is 14.0. The molecule has 2 nitrogen and oxygen atoms in total. The van der Waals surface area contributed by atoms with E-state index in [0.717, 1.165) is 24.1 Å². The summed E-state index contributed by atoms with van der Waals surface area (Å²) in [5.74, 6) is -0.130. The molecule has 0 aliphatic carbocycles. The average molecular weight is 238 g/mol. The van der Waals surface area contributed by atoms with Crippen molar-refractivity contribution in [1.82, 2.24) is 5.32 Å². The van der Waals surface area contributed by atoms with Gasteiger partial charge < -0.3 is 10.2 Å². The Bertz CT molecular complexity index is 348. The lowest BCUT2D eigenvalue weighted by atomic mass is 10.1. The summed E-state index contributed by atoms with van der Waals surface area (Å²) in [5.41, 5.74) is 1.75. The molecule has 1 N–H and O–H groups in total. The molecule has 3 heteroatoms. The van der Waals surface area contributed by atoms with Crippen LogP contribution in [0.1, 0.15) is 32.3 Å². The maximum atomic E-state index is 13.8. The number of benzene rings is 1. The second-order valence-electron chi connectivity index (χ2n) is 4.35. The van der Waals surface area contributed by atoms with Crippen molar-refractivity contribution in [2.24, 2.45) is 0 Å². The van der Waals surface area contributed by atoms with Gasteiger partial charge in [0.1, 0.15) is 5.82 Å². The van der Waals surface area contributed by atoms with Gasteiger partial charge in [0.05, 0.1) is 0 Å². The Hall–Kier alpha value is -1.09. The van der Waals surface area contributed by atoms with Gasteiger partial charge in [-0.1, -0.05) is 19.9 Å². The third kappa shape index (κ3) is 3.19. The predicted molar refractivity (Wildman–Crippen MR) is 71.9 cm³/mol. The van der Waals surface area contributed by atoms with Crippen molar-refractivity contribution in [2.75, 3.05) is 19.0 Å². The molecule has 0 unspecified atom stereocenters. The van der Waals surface area contributed by atoms with Crippen molar-refractivity contribution in [1.29, 1.82) is 0 Å². The van der Waals surface area contributed by atoms with Gasteiger partial charge >= 0.3 is 0 Å². The molecule has 0 aromatic heterocycles. The van der Waals surface area contributed by atoms with Crippen LogP contribution in [0.15, 0.2) is 18.2 Å². The normalized spacial score (nSPS) is 10.9. The largest absolute Gasteiger partial charge is 0.371 e. The SMILES string of the molecule is CCC(CC)N(C)c1cccc(F)c1CNC. The lowest BCUT2D eigenvalue weighted by molar-refractivity contribution is 0.574. The summed E-state index contributed by atoms with van der Waals surface area (Å²) in [6.45, 7) is 4.90. The van der Waals surface area contributed by atoms with E-state index in [1.54, 1.807) is 6.07 Å². The summed E-state index contributed by atoms with van der Waals surface area (Å²) in [5, 5.41) is 3.03. The van der Waals surface area contributed by atoms with Crippen LogP contribution in [-0.2, 0) is 6.54 Å². The van der Waals surface area contributed by atoms with E-state index in [4.69, 9.17) is 0 Å². The van der Waals surface area contributed by atoms with Gasteiger partial charge in [-0.2, -0.15) is 0 Å². The number of nitrogens with zero attached hydrogens (tertiary/aromatic N) is 1. The minimum Gasteiger partial charge on any atom is -0.371 e. The number of hydrogen-bond acceptors (Lipinski definition) is 2. The van der Waals surface area contributed by atoms with Crippen molar-refractivity contribution < 1.29 is 4.39 Å². The highest BCUT2D eigenvalue weighted by atomic mass is 19.1. The molecule has 96 valence electrons. The van der Waals surface area contributed by atoms with Crippen LogP contribution in [0, 0.1) is 5.82 Å². The molecule has 0 radical (unpaired) electrons. The van der Waals surface area contributed by atoms with Crippen LogP contribution in [-0.4, -0.2) is 20.1 Å². The monoisotopic (exact) mass is 238 g/mol. The van der Waals surface area contributed by atoms with Gasteiger partial charge in [0, 0.05) is 30.9 Å². The summed E-state index contributed by atoms with van der Waals surface area (Å²) < 4.78 is 13.8. The molecule has 17 heavy (non-hydrogen) atoms. The van der Waals surface area contributed by atoms with Gasteiger partial charge in [0.2, 0.25) is 0 Å². The van der Waals surface area contributed by atoms with Crippen molar-refractivity contribution in [3.63, 3.8) is 0 Å². The summed E-state index contributed by atoms with van der Waals surface area (Å²) in [6.07, 6.45) is 2.14. The van der Waals surface area contributed by atoms with Crippen LogP contribution in [0.25, 0.3) is 0 Å². The molecule has 1 aromatic carbocycles. The van der Waals surface area contributed by atoms with E-state index < -0.39 is 0 Å². The Balaban J connectivity index is 3.07. The predicted octanol–water partition coefficient (Wildman–Crippen LogP) is 3.17. The van der Waals surface area contributed by atoms with Crippen LogP contribution in [0.3, 0.4) is 0 Å². The quantitative estimate of drug-likeness (QED) is 0.819. The minimum atomic E-state index is -0.130.